The van der Waals surface area contributed by atoms with Crippen LogP contribution in [0.5, 0.6) is 0 Å². The molecule has 0 aliphatic heterocycles. The highest BCUT2D eigenvalue weighted by molar-refractivity contribution is 5.85. The molecule has 0 saturated heterocycles. The number of rotatable bonds is 6. The monoisotopic (exact) mass is 202 g/mol. The summed E-state index contributed by atoms with van der Waals surface area (Å²) in [6, 6.07) is -0.940. The van der Waals surface area contributed by atoms with Gasteiger partial charge >= 0.3 is 6.47 Å². The lowest BCUT2D eigenvalue weighted by Crippen LogP contribution is -2.43. The lowest BCUT2D eigenvalue weighted by molar-refractivity contribution is -0.125. The Morgan fingerprint density at radius 3 is 2.50 bits per heavy atom. The third-order valence-corrected chi connectivity index (χ3v) is 1.81. The summed E-state index contributed by atoms with van der Waals surface area (Å²) >= 11 is 0. The molecule has 0 amide bonds. The Morgan fingerprint density at radius 1 is 1.64 bits per heavy atom. The fourth-order valence-electron chi connectivity index (χ4n) is 0.955. The largest absolute Gasteiger partial charge is 0.451 e. The molecule has 0 saturated carbocycles. The van der Waals surface area contributed by atoms with Crippen LogP contribution in [0.25, 0.3) is 0 Å². The van der Waals surface area contributed by atoms with Gasteiger partial charge in [-0.15, -0.1) is 0 Å². The highest BCUT2D eigenvalue weighted by Gasteiger charge is 2.28. The Kier molecular flexibility index (Phi) is 4.73. The minimum absolute atomic E-state index is 0.0334. The number of aliphatic hydroxyl groups excluding tert-OH is 1. The van der Waals surface area contributed by atoms with Crippen molar-refractivity contribution in [2.75, 3.05) is 0 Å². The number of ketones is 1. The van der Waals surface area contributed by atoms with Gasteiger partial charge in [0.2, 0.25) is 0 Å². The summed E-state index contributed by atoms with van der Waals surface area (Å²) in [5, 5.41) is 9.05. The molecule has 3 N–H and O–H groups in total. The van der Waals surface area contributed by atoms with Gasteiger partial charge < -0.3 is 15.6 Å². The van der Waals surface area contributed by atoms with Gasteiger partial charge in [-0.05, 0) is 20.8 Å². The normalized spacial score (nSPS) is 15.8. The lowest BCUT2D eigenvalue weighted by Gasteiger charge is -2.23. The van der Waals surface area contributed by atoms with Crippen LogP contribution < -0.4 is 5.73 Å². The lowest BCUT2D eigenvalue weighted by atomic mass is 9.96. The number of hydrogen-bond acceptors (Lipinski definition) is 5. The molecule has 5 nitrogen and oxygen atoms in total. The second-order valence-corrected chi connectivity index (χ2v) is 3.85. The van der Waals surface area contributed by atoms with E-state index < -0.39 is 17.7 Å². The first-order valence-corrected chi connectivity index (χ1v) is 4.31. The number of carbonyl (C=O) groups excluding carboxylic acids is 2. The molecule has 14 heavy (non-hydrogen) atoms. The zero-order valence-electron chi connectivity index (χ0n) is 8.61. The SMILES string of the molecule is C[C@@H](O)[C@H](N)C(=O)CC(C)(C)O[C]=O. The van der Waals surface area contributed by atoms with Crippen LogP contribution in [0.15, 0.2) is 0 Å². The maximum absolute atomic E-state index is 11.4. The molecule has 0 spiro atoms. The van der Waals surface area contributed by atoms with Crippen LogP contribution in [-0.4, -0.2) is 35.1 Å². The predicted octanol–water partition coefficient (Wildman–Crippen LogP) is -0.484. The van der Waals surface area contributed by atoms with Crippen molar-refractivity contribution >= 4 is 12.3 Å². The molecule has 0 rings (SSSR count). The van der Waals surface area contributed by atoms with E-state index in [1.165, 1.54) is 13.4 Å². The van der Waals surface area contributed by atoms with Crippen LogP contribution in [0.1, 0.15) is 27.2 Å². The Bertz CT molecular complexity index is 213. The van der Waals surface area contributed by atoms with E-state index in [9.17, 15) is 9.59 Å². The summed E-state index contributed by atoms with van der Waals surface area (Å²) in [6.07, 6.45) is -0.938. The maximum Gasteiger partial charge on any atom is 0.418 e. The van der Waals surface area contributed by atoms with Gasteiger partial charge in [0, 0.05) is 6.42 Å². The quantitative estimate of drug-likeness (QED) is 0.607. The molecule has 0 bridgehead atoms. The van der Waals surface area contributed by atoms with Crippen LogP contribution in [-0.2, 0) is 14.3 Å². The molecule has 0 aromatic heterocycles. The van der Waals surface area contributed by atoms with Crippen molar-refractivity contribution in [2.24, 2.45) is 5.73 Å². The van der Waals surface area contributed by atoms with Gasteiger partial charge in [-0.1, -0.05) is 0 Å². The Labute approximate surface area is 83.2 Å². The highest BCUT2D eigenvalue weighted by atomic mass is 16.5. The first-order valence-electron chi connectivity index (χ1n) is 4.31. The van der Waals surface area contributed by atoms with E-state index in [0.29, 0.717) is 0 Å². The van der Waals surface area contributed by atoms with Crippen LogP contribution in [0.3, 0.4) is 0 Å². The van der Waals surface area contributed by atoms with E-state index in [2.05, 4.69) is 4.74 Å². The van der Waals surface area contributed by atoms with Gasteiger partial charge in [-0.25, -0.2) is 4.79 Å². The molecule has 0 heterocycles. The van der Waals surface area contributed by atoms with Crippen LogP contribution in [0.2, 0.25) is 0 Å². The molecule has 0 aliphatic rings. The third-order valence-electron chi connectivity index (χ3n) is 1.81. The number of ether oxygens (including phenoxy) is 1. The second-order valence-electron chi connectivity index (χ2n) is 3.85. The number of hydrogen-bond donors (Lipinski definition) is 2. The predicted molar refractivity (Wildman–Crippen MR) is 50.1 cm³/mol. The van der Waals surface area contributed by atoms with Crippen molar-refractivity contribution in [3.63, 3.8) is 0 Å². The fraction of sp³-hybridized carbons (Fsp3) is 0.778. The van der Waals surface area contributed by atoms with Crippen molar-refractivity contribution in [1.82, 2.24) is 0 Å². The van der Waals surface area contributed by atoms with Gasteiger partial charge in [0.15, 0.2) is 5.78 Å². The number of aliphatic hydroxyl groups is 1. The zero-order chi connectivity index (χ0) is 11.4. The van der Waals surface area contributed by atoms with Crippen molar-refractivity contribution < 1.29 is 19.4 Å². The number of carbonyl (C=O) groups is 1. The Hall–Kier alpha value is -0.940. The average Bonchev–Trinajstić information content (AvgIpc) is 2.01. The van der Waals surface area contributed by atoms with Gasteiger partial charge in [-0.3, -0.25) is 4.79 Å². The molecular formula is C9H16NO4. The van der Waals surface area contributed by atoms with Crippen molar-refractivity contribution in [2.45, 2.75) is 44.9 Å². The minimum atomic E-state index is -0.940. The first-order chi connectivity index (χ1) is 6.30. The van der Waals surface area contributed by atoms with E-state index in [1.807, 2.05) is 0 Å². The van der Waals surface area contributed by atoms with Gasteiger partial charge in [-0.2, -0.15) is 0 Å². The standard InChI is InChI=1S/C9H16NO4/c1-6(12)8(10)7(13)4-9(2,3)14-5-11/h6,8,12H,4,10H2,1-3H3/t6-,8+/m1/s1. The zero-order valence-corrected chi connectivity index (χ0v) is 8.61. The summed E-state index contributed by atoms with van der Waals surface area (Å²) in [7, 11) is 0. The molecule has 0 fully saturated rings. The Balaban J connectivity index is 4.24. The van der Waals surface area contributed by atoms with Gasteiger partial charge in [0.25, 0.3) is 0 Å². The van der Waals surface area contributed by atoms with Crippen LogP contribution >= 0.6 is 0 Å². The molecule has 1 radical (unpaired) electrons. The molecule has 2 atom stereocenters. The summed E-state index contributed by atoms with van der Waals surface area (Å²) < 4.78 is 4.57. The molecule has 0 aliphatic carbocycles. The number of Topliss-reactive ketones (excluding diaryl/α,β-unsaturated/α-hetero) is 1. The molecule has 81 valence electrons. The molecule has 5 heteroatoms. The molecule has 0 aromatic carbocycles. The van der Waals surface area contributed by atoms with Crippen molar-refractivity contribution in [3.05, 3.63) is 0 Å². The van der Waals surface area contributed by atoms with E-state index in [1.54, 1.807) is 13.8 Å². The van der Waals surface area contributed by atoms with Crippen LogP contribution in [0, 0.1) is 0 Å². The summed E-state index contributed by atoms with van der Waals surface area (Å²) in [5.74, 6) is -0.347. The van der Waals surface area contributed by atoms with Gasteiger partial charge in [0.05, 0.1) is 12.1 Å². The number of nitrogens with two attached hydrogens (primary N) is 1. The van der Waals surface area contributed by atoms with E-state index in [4.69, 9.17) is 10.8 Å². The topological polar surface area (TPSA) is 89.6 Å². The first kappa shape index (κ1) is 13.1. The molecule has 0 aromatic rings. The van der Waals surface area contributed by atoms with Crippen LogP contribution in [0.4, 0.5) is 0 Å². The minimum Gasteiger partial charge on any atom is -0.451 e. The van der Waals surface area contributed by atoms with E-state index >= 15 is 0 Å². The van der Waals surface area contributed by atoms with Gasteiger partial charge in [0.1, 0.15) is 5.60 Å². The molecular weight excluding hydrogens is 186 g/mol. The fourth-order valence-corrected chi connectivity index (χ4v) is 0.955. The maximum atomic E-state index is 11.4. The van der Waals surface area contributed by atoms with Crippen molar-refractivity contribution in [1.29, 1.82) is 0 Å². The van der Waals surface area contributed by atoms with E-state index in [-0.39, 0.29) is 12.2 Å². The smallest absolute Gasteiger partial charge is 0.418 e. The summed E-state index contributed by atoms with van der Waals surface area (Å²) in [5.41, 5.74) is 4.48. The Morgan fingerprint density at radius 2 is 2.14 bits per heavy atom. The summed E-state index contributed by atoms with van der Waals surface area (Å²) in [6.45, 7) is 5.86. The molecule has 0 unspecified atom stereocenters. The second kappa shape index (κ2) is 5.07. The van der Waals surface area contributed by atoms with Crippen molar-refractivity contribution in [3.8, 4) is 0 Å². The highest BCUT2D eigenvalue weighted by Crippen LogP contribution is 2.14. The average molecular weight is 202 g/mol. The van der Waals surface area contributed by atoms with E-state index in [0.717, 1.165) is 0 Å². The summed E-state index contributed by atoms with van der Waals surface area (Å²) in [4.78, 5) is 21.3. The third kappa shape index (κ3) is 4.34.